The van der Waals surface area contributed by atoms with E-state index in [9.17, 15) is 9.59 Å². The first-order valence-electron chi connectivity index (χ1n) is 4.84. The fourth-order valence-electron chi connectivity index (χ4n) is 1.32. The number of hydrogen-bond acceptors (Lipinski definition) is 2. The van der Waals surface area contributed by atoms with Gasteiger partial charge in [-0.15, -0.1) is 0 Å². The second kappa shape index (κ2) is 6.08. The van der Waals surface area contributed by atoms with E-state index >= 15 is 0 Å². The van der Waals surface area contributed by atoms with Crippen LogP contribution in [0.2, 0.25) is 0 Å². The molecule has 0 aromatic heterocycles. The molecule has 1 aromatic rings. The molecular formula is C12H14O2. The molecule has 0 bridgehead atoms. The molecule has 0 aliphatic heterocycles. The van der Waals surface area contributed by atoms with Crippen LogP contribution < -0.4 is 0 Å². The molecule has 0 heterocycles. The predicted octanol–water partition coefficient (Wildman–Crippen LogP) is 2.41. The van der Waals surface area contributed by atoms with Gasteiger partial charge in [0.15, 0.2) is 0 Å². The molecule has 0 radical (unpaired) electrons. The van der Waals surface area contributed by atoms with Gasteiger partial charge in [-0.05, 0) is 24.8 Å². The largest absolute Gasteiger partial charge is 0.303 e. The van der Waals surface area contributed by atoms with Crippen LogP contribution in [0.4, 0.5) is 0 Å². The van der Waals surface area contributed by atoms with Crippen LogP contribution in [-0.2, 0) is 11.2 Å². The second-order valence-corrected chi connectivity index (χ2v) is 3.27. The number of carbonyl (C=O) groups excluding carboxylic acids is 2. The summed E-state index contributed by atoms with van der Waals surface area (Å²) in [7, 11) is 0. The fraction of sp³-hybridized carbons (Fsp3) is 0.333. The maximum absolute atomic E-state index is 10.4. The number of benzene rings is 1. The van der Waals surface area contributed by atoms with E-state index in [1.165, 1.54) is 5.56 Å². The van der Waals surface area contributed by atoms with Crippen LogP contribution in [0.5, 0.6) is 0 Å². The monoisotopic (exact) mass is 190 g/mol. The highest BCUT2D eigenvalue weighted by molar-refractivity contribution is 5.74. The van der Waals surface area contributed by atoms with Crippen LogP contribution >= 0.6 is 0 Å². The molecule has 0 unspecified atom stereocenters. The molecule has 0 N–H and O–H groups in total. The highest BCUT2D eigenvalue weighted by atomic mass is 16.1. The molecule has 0 saturated heterocycles. The highest BCUT2D eigenvalue weighted by Crippen LogP contribution is 2.07. The van der Waals surface area contributed by atoms with Gasteiger partial charge in [-0.3, -0.25) is 4.79 Å². The molecule has 0 saturated carbocycles. The van der Waals surface area contributed by atoms with Gasteiger partial charge in [0.25, 0.3) is 0 Å². The van der Waals surface area contributed by atoms with Gasteiger partial charge in [0.05, 0.1) is 0 Å². The fourth-order valence-corrected chi connectivity index (χ4v) is 1.32. The molecule has 14 heavy (non-hydrogen) atoms. The van der Waals surface area contributed by atoms with Crippen molar-refractivity contribution >= 4 is 12.6 Å². The second-order valence-electron chi connectivity index (χ2n) is 3.27. The number of carbonyl (C=O) groups is 2. The Morgan fingerprint density at radius 1 is 1.00 bits per heavy atom. The van der Waals surface area contributed by atoms with Gasteiger partial charge in [-0.2, -0.15) is 0 Å². The first-order chi connectivity index (χ1) is 6.86. The summed E-state index contributed by atoms with van der Waals surface area (Å²) in [5.41, 5.74) is 1.93. The Hall–Kier alpha value is -1.44. The minimum absolute atomic E-state index is 0.645. The number of hydrogen-bond donors (Lipinski definition) is 0. The lowest BCUT2D eigenvalue weighted by molar-refractivity contribution is -0.107. The summed E-state index contributed by atoms with van der Waals surface area (Å²) in [6.07, 6.45) is 5.39. The van der Waals surface area contributed by atoms with Crippen molar-refractivity contribution in [3.63, 3.8) is 0 Å². The van der Waals surface area contributed by atoms with E-state index < -0.39 is 0 Å². The summed E-state index contributed by atoms with van der Waals surface area (Å²) in [5, 5.41) is 0. The van der Waals surface area contributed by atoms with Gasteiger partial charge >= 0.3 is 0 Å². The standard InChI is InChI=1S/C12H14O2/c13-9-3-1-2-4-11-5-7-12(10-14)8-6-11/h5-10H,1-4H2. The van der Waals surface area contributed by atoms with E-state index in [2.05, 4.69) is 0 Å². The Balaban J connectivity index is 2.36. The number of rotatable bonds is 6. The summed E-state index contributed by atoms with van der Waals surface area (Å²) >= 11 is 0. The van der Waals surface area contributed by atoms with Crippen molar-refractivity contribution in [2.45, 2.75) is 25.7 Å². The molecular weight excluding hydrogens is 176 g/mol. The Morgan fingerprint density at radius 3 is 2.29 bits per heavy atom. The maximum atomic E-state index is 10.4. The average molecular weight is 190 g/mol. The smallest absolute Gasteiger partial charge is 0.150 e. The molecule has 0 aliphatic rings. The van der Waals surface area contributed by atoms with Crippen molar-refractivity contribution in [1.29, 1.82) is 0 Å². The summed E-state index contributed by atoms with van der Waals surface area (Å²) in [5.74, 6) is 0. The first kappa shape index (κ1) is 10.6. The molecule has 1 aromatic carbocycles. The molecule has 74 valence electrons. The van der Waals surface area contributed by atoms with E-state index in [1.807, 2.05) is 24.3 Å². The van der Waals surface area contributed by atoms with E-state index in [0.29, 0.717) is 12.0 Å². The number of aryl methyl sites for hydroxylation is 1. The third kappa shape index (κ3) is 3.52. The zero-order valence-corrected chi connectivity index (χ0v) is 8.11. The zero-order chi connectivity index (χ0) is 10.2. The van der Waals surface area contributed by atoms with Crippen molar-refractivity contribution in [3.8, 4) is 0 Å². The molecule has 0 amide bonds. The zero-order valence-electron chi connectivity index (χ0n) is 8.11. The quantitative estimate of drug-likeness (QED) is 0.510. The Bertz CT molecular complexity index is 288. The Kier molecular flexibility index (Phi) is 4.62. The van der Waals surface area contributed by atoms with Gasteiger partial charge in [0.2, 0.25) is 0 Å². The van der Waals surface area contributed by atoms with Crippen molar-refractivity contribution in [2.75, 3.05) is 0 Å². The molecule has 0 fully saturated rings. The van der Waals surface area contributed by atoms with Crippen molar-refractivity contribution < 1.29 is 9.59 Å². The highest BCUT2D eigenvalue weighted by Gasteiger charge is 1.94. The summed E-state index contributed by atoms with van der Waals surface area (Å²) in [4.78, 5) is 20.4. The predicted molar refractivity (Wildman–Crippen MR) is 55.4 cm³/mol. The van der Waals surface area contributed by atoms with Crippen LogP contribution in [0.1, 0.15) is 35.2 Å². The third-order valence-corrected chi connectivity index (χ3v) is 2.15. The summed E-state index contributed by atoms with van der Waals surface area (Å²) < 4.78 is 0. The minimum Gasteiger partial charge on any atom is -0.303 e. The Labute approximate surface area is 83.9 Å². The lowest BCUT2D eigenvalue weighted by Gasteiger charge is -1.99. The first-order valence-corrected chi connectivity index (χ1v) is 4.84. The van der Waals surface area contributed by atoms with Gasteiger partial charge in [0, 0.05) is 12.0 Å². The molecule has 1 rings (SSSR count). The summed E-state index contributed by atoms with van der Waals surface area (Å²) in [6, 6.07) is 7.57. The normalized spacial score (nSPS) is 9.71. The van der Waals surface area contributed by atoms with Crippen molar-refractivity contribution in [3.05, 3.63) is 35.4 Å². The number of unbranched alkanes of at least 4 members (excludes halogenated alkanes) is 2. The van der Waals surface area contributed by atoms with Gasteiger partial charge in [0.1, 0.15) is 12.6 Å². The van der Waals surface area contributed by atoms with E-state index in [-0.39, 0.29) is 0 Å². The average Bonchev–Trinajstić information content (AvgIpc) is 2.25. The topological polar surface area (TPSA) is 34.1 Å². The molecule has 0 aliphatic carbocycles. The van der Waals surface area contributed by atoms with Crippen LogP contribution in [0.15, 0.2) is 24.3 Å². The van der Waals surface area contributed by atoms with E-state index in [0.717, 1.165) is 31.8 Å². The summed E-state index contributed by atoms with van der Waals surface area (Å²) in [6.45, 7) is 0. The van der Waals surface area contributed by atoms with Gasteiger partial charge in [-0.1, -0.05) is 24.3 Å². The van der Waals surface area contributed by atoms with Crippen molar-refractivity contribution in [1.82, 2.24) is 0 Å². The minimum atomic E-state index is 0.645. The molecule has 2 heteroatoms. The maximum Gasteiger partial charge on any atom is 0.150 e. The van der Waals surface area contributed by atoms with Gasteiger partial charge < -0.3 is 4.79 Å². The number of aldehydes is 2. The lowest BCUT2D eigenvalue weighted by atomic mass is 10.1. The molecule has 0 atom stereocenters. The molecule has 0 spiro atoms. The molecule has 2 nitrogen and oxygen atoms in total. The van der Waals surface area contributed by atoms with E-state index in [1.54, 1.807) is 0 Å². The van der Waals surface area contributed by atoms with Crippen LogP contribution in [0, 0.1) is 0 Å². The third-order valence-electron chi connectivity index (χ3n) is 2.15. The lowest BCUT2D eigenvalue weighted by Crippen LogP contribution is -1.87. The van der Waals surface area contributed by atoms with Crippen LogP contribution in [0.3, 0.4) is 0 Å². The van der Waals surface area contributed by atoms with Crippen molar-refractivity contribution in [2.24, 2.45) is 0 Å². The van der Waals surface area contributed by atoms with Crippen LogP contribution in [0.25, 0.3) is 0 Å². The van der Waals surface area contributed by atoms with Crippen LogP contribution in [-0.4, -0.2) is 12.6 Å². The SMILES string of the molecule is O=CCCCCc1ccc(C=O)cc1. The Morgan fingerprint density at radius 2 is 1.71 bits per heavy atom. The van der Waals surface area contributed by atoms with E-state index in [4.69, 9.17) is 0 Å². The van der Waals surface area contributed by atoms with Gasteiger partial charge in [-0.25, -0.2) is 0 Å².